The maximum Gasteiger partial charge on any atom is 0.274 e. The zero-order valence-corrected chi connectivity index (χ0v) is 19.8. The van der Waals surface area contributed by atoms with Gasteiger partial charge < -0.3 is 20.1 Å². The molecule has 2 aromatic heterocycles. The highest BCUT2D eigenvalue weighted by molar-refractivity contribution is 9.10. The molecule has 0 unspecified atom stereocenters. The van der Waals surface area contributed by atoms with Crippen LogP contribution in [-0.4, -0.2) is 58.8 Å². The van der Waals surface area contributed by atoms with Crippen LogP contribution in [0.5, 0.6) is 5.75 Å². The number of fused-ring (bicyclic) bond motifs is 1. The number of hydrogen-bond acceptors (Lipinski definition) is 6. The van der Waals surface area contributed by atoms with Gasteiger partial charge in [0.1, 0.15) is 21.7 Å². The second-order valence-electron chi connectivity index (χ2n) is 8.35. The Bertz CT molecular complexity index is 1100. The number of pyridine rings is 1. The van der Waals surface area contributed by atoms with Crippen molar-refractivity contribution in [3.63, 3.8) is 0 Å². The third-order valence-corrected chi connectivity index (χ3v) is 6.54. The van der Waals surface area contributed by atoms with Gasteiger partial charge in [-0.2, -0.15) is 0 Å². The Morgan fingerprint density at radius 1 is 1.19 bits per heavy atom. The molecule has 8 heteroatoms. The van der Waals surface area contributed by atoms with Crippen molar-refractivity contribution >= 4 is 27.4 Å². The van der Waals surface area contributed by atoms with Gasteiger partial charge in [-0.25, -0.2) is 4.98 Å². The number of ether oxygens (including phenoxy) is 1. The number of aromatic nitrogens is 2. The van der Waals surface area contributed by atoms with Crippen LogP contribution >= 0.6 is 15.9 Å². The summed E-state index contributed by atoms with van der Waals surface area (Å²) in [6, 6.07) is 14.0. The number of aliphatic hydroxyl groups is 1. The number of nitrogens with one attached hydrogen (secondary N) is 1. The van der Waals surface area contributed by atoms with Crippen LogP contribution in [-0.2, 0) is 0 Å². The Morgan fingerprint density at radius 3 is 2.78 bits per heavy atom. The minimum atomic E-state index is -0.117. The van der Waals surface area contributed by atoms with Crippen LogP contribution in [0.2, 0.25) is 0 Å². The number of likely N-dealkylation sites (N-methyl/N-ethyl adjacent to an activating group) is 1. The first-order valence-electron chi connectivity index (χ1n) is 11.0. The summed E-state index contributed by atoms with van der Waals surface area (Å²) in [6.45, 7) is 2.67. The fourth-order valence-corrected chi connectivity index (χ4v) is 4.66. The van der Waals surface area contributed by atoms with Crippen molar-refractivity contribution in [2.75, 3.05) is 38.7 Å². The van der Waals surface area contributed by atoms with Crippen molar-refractivity contribution < 1.29 is 9.84 Å². The lowest BCUT2D eigenvalue weighted by atomic mass is 9.88. The predicted octanol–water partition coefficient (Wildman–Crippen LogP) is 3.51. The fraction of sp³-hybridized carbons (Fsp3) is 0.417. The lowest BCUT2D eigenvalue weighted by Gasteiger charge is -2.36. The molecule has 0 amide bonds. The summed E-state index contributed by atoms with van der Waals surface area (Å²) in [5.41, 5.74) is 1.78. The molecule has 2 N–H and O–H groups in total. The Balaban J connectivity index is 1.45. The van der Waals surface area contributed by atoms with Crippen LogP contribution in [0.4, 0.5) is 5.82 Å². The number of nitrogens with zero attached hydrogens (tertiary/aromatic N) is 3. The van der Waals surface area contributed by atoms with Gasteiger partial charge in [-0.3, -0.25) is 9.20 Å². The molecule has 1 aliphatic rings. The van der Waals surface area contributed by atoms with Crippen LogP contribution in [0, 0.1) is 0 Å². The molecular weight excluding hydrogens is 472 g/mol. The van der Waals surface area contributed by atoms with Crippen molar-refractivity contribution in [2.24, 2.45) is 0 Å². The summed E-state index contributed by atoms with van der Waals surface area (Å²) in [5, 5.41) is 12.4. The summed E-state index contributed by atoms with van der Waals surface area (Å²) < 4.78 is 7.74. The van der Waals surface area contributed by atoms with Gasteiger partial charge in [0.05, 0.1) is 6.61 Å². The molecule has 7 nitrogen and oxygen atoms in total. The van der Waals surface area contributed by atoms with Gasteiger partial charge in [0.2, 0.25) is 0 Å². The molecule has 32 heavy (non-hydrogen) atoms. The number of rotatable bonds is 8. The summed E-state index contributed by atoms with van der Waals surface area (Å²) in [6.07, 6.45) is 4.28. The van der Waals surface area contributed by atoms with E-state index in [1.54, 1.807) is 10.6 Å². The highest BCUT2D eigenvalue weighted by Crippen LogP contribution is 2.30. The van der Waals surface area contributed by atoms with Crippen LogP contribution < -0.4 is 15.6 Å². The molecule has 1 saturated heterocycles. The summed E-state index contributed by atoms with van der Waals surface area (Å²) in [4.78, 5) is 19.7. The number of unbranched alkanes of at least 4 members (excludes halogenated alkanes) is 1. The smallest absolute Gasteiger partial charge is 0.274 e. The first-order chi connectivity index (χ1) is 15.5. The first-order valence-corrected chi connectivity index (χ1v) is 11.8. The van der Waals surface area contributed by atoms with Crippen LogP contribution in [0.15, 0.2) is 57.9 Å². The number of piperidine rings is 1. The van der Waals surface area contributed by atoms with E-state index in [0.29, 0.717) is 28.5 Å². The number of halogens is 1. The van der Waals surface area contributed by atoms with Gasteiger partial charge in [-0.15, -0.1) is 0 Å². The van der Waals surface area contributed by atoms with E-state index in [1.807, 2.05) is 30.3 Å². The van der Waals surface area contributed by atoms with E-state index in [0.717, 1.165) is 38.1 Å². The minimum absolute atomic E-state index is 0.117. The number of anilines is 1. The second-order valence-corrected chi connectivity index (χ2v) is 9.14. The molecule has 170 valence electrons. The highest BCUT2D eigenvalue weighted by Gasteiger charge is 2.27. The quantitative estimate of drug-likeness (QED) is 0.460. The number of hydrogen-bond donors (Lipinski definition) is 2. The van der Waals surface area contributed by atoms with E-state index in [9.17, 15) is 4.79 Å². The monoisotopic (exact) mass is 500 g/mol. The maximum atomic E-state index is 12.7. The normalized spacial score (nSPS) is 19.2. The van der Waals surface area contributed by atoms with Crippen LogP contribution in [0.25, 0.3) is 5.65 Å². The van der Waals surface area contributed by atoms with E-state index in [-0.39, 0.29) is 18.2 Å². The molecule has 3 heterocycles. The van der Waals surface area contributed by atoms with E-state index in [2.05, 4.69) is 50.3 Å². The standard InChI is InChI=1S/C24H29BrN4O3/c1-28-15-18(17-7-9-20(10-8-17)32-13-5-4-12-30)14-19(16-28)26-23-22(25)24(31)29-11-3-2-6-21(29)27-23/h2-3,6-11,18-19,26,30H,4-5,12-16H2,1H3/t18-,19+/m0/s1. The number of benzene rings is 1. The Labute approximate surface area is 196 Å². The number of likely N-dealkylation sites (tertiary alicyclic amines) is 1. The van der Waals surface area contributed by atoms with Crippen molar-refractivity contribution in [1.82, 2.24) is 14.3 Å². The van der Waals surface area contributed by atoms with Gasteiger partial charge in [-0.1, -0.05) is 18.2 Å². The minimum Gasteiger partial charge on any atom is -0.494 e. The predicted molar refractivity (Wildman–Crippen MR) is 130 cm³/mol. The molecule has 3 aromatic rings. The summed E-state index contributed by atoms with van der Waals surface area (Å²) >= 11 is 3.44. The molecule has 2 atom stereocenters. The molecule has 4 rings (SSSR count). The summed E-state index contributed by atoms with van der Waals surface area (Å²) in [7, 11) is 2.12. The molecule has 0 radical (unpaired) electrons. The van der Waals surface area contributed by atoms with Crippen molar-refractivity contribution in [3.8, 4) is 5.75 Å². The molecular formula is C24H29BrN4O3. The van der Waals surface area contributed by atoms with E-state index in [1.165, 1.54) is 5.56 Å². The van der Waals surface area contributed by atoms with E-state index >= 15 is 0 Å². The molecule has 0 saturated carbocycles. The van der Waals surface area contributed by atoms with E-state index in [4.69, 9.17) is 9.84 Å². The van der Waals surface area contributed by atoms with Crippen LogP contribution in [0.1, 0.15) is 30.7 Å². The Kier molecular flexibility index (Phi) is 7.44. The largest absolute Gasteiger partial charge is 0.494 e. The molecule has 0 spiro atoms. The van der Waals surface area contributed by atoms with Gasteiger partial charge in [0.25, 0.3) is 5.56 Å². The SMILES string of the molecule is CN1C[C@H](Nc2nc3ccccn3c(=O)c2Br)C[C@H](c2ccc(OCCCCO)cc2)C1. The van der Waals surface area contributed by atoms with Gasteiger partial charge in [0, 0.05) is 31.9 Å². The number of aliphatic hydroxyl groups excluding tert-OH is 1. The molecule has 1 aliphatic heterocycles. The fourth-order valence-electron chi connectivity index (χ4n) is 4.26. The highest BCUT2D eigenvalue weighted by atomic mass is 79.9. The first kappa shape index (κ1) is 22.8. The van der Waals surface area contributed by atoms with Gasteiger partial charge in [-0.05, 0) is 78.0 Å². The van der Waals surface area contributed by atoms with Gasteiger partial charge in [0.15, 0.2) is 0 Å². The van der Waals surface area contributed by atoms with Crippen molar-refractivity contribution in [1.29, 1.82) is 0 Å². The topological polar surface area (TPSA) is 79.1 Å². The zero-order valence-electron chi connectivity index (χ0n) is 18.2. The summed E-state index contributed by atoms with van der Waals surface area (Å²) in [5.74, 6) is 1.82. The van der Waals surface area contributed by atoms with Crippen molar-refractivity contribution in [3.05, 3.63) is 69.1 Å². The molecule has 1 aromatic carbocycles. The van der Waals surface area contributed by atoms with Crippen LogP contribution in [0.3, 0.4) is 0 Å². The maximum absolute atomic E-state index is 12.7. The molecule has 0 aliphatic carbocycles. The lowest BCUT2D eigenvalue weighted by molar-refractivity contribution is 0.235. The average Bonchev–Trinajstić information content (AvgIpc) is 2.80. The molecule has 0 bridgehead atoms. The average molecular weight is 501 g/mol. The lowest BCUT2D eigenvalue weighted by Crippen LogP contribution is -2.43. The molecule has 1 fully saturated rings. The van der Waals surface area contributed by atoms with Crippen molar-refractivity contribution in [2.45, 2.75) is 31.2 Å². The second kappa shape index (κ2) is 10.5. The third-order valence-electron chi connectivity index (χ3n) is 5.83. The van der Waals surface area contributed by atoms with E-state index < -0.39 is 0 Å². The Hall–Kier alpha value is -2.42. The third kappa shape index (κ3) is 5.31. The Morgan fingerprint density at radius 2 is 2.00 bits per heavy atom. The zero-order chi connectivity index (χ0) is 22.5. The van der Waals surface area contributed by atoms with Gasteiger partial charge >= 0.3 is 0 Å².